The van der Waals surface area contributed by atoms with Crippen LogP contribution in [0.5, 0.6) is 0 Å². The number of halogens is 2. The second-order valence-electron chi connectivity index (χ2n) is 4.03. The number of esters is 1. The van der Waals surface area contributed by atoms with E-state index in [1.165, 1.54) is 0 Å². The summed E-state index contributed by atoms with van der Waals surface area (Å²) in [4.78, 5) is 22.3. The lowest BCUT2D eigenvalue weighted by Crippen LogP contribution is -2.34. The monoisotopic (exact) mass is 251 g/mol. The van der Waals surface area contributed by atoms with Crippen molar-refractivity contribution in [1.29, 1.82) is 0 Å². The van der Waals surface area contributed by atoms with E-state index < -0.39 is 29.8 Å². The van der Waals surface area contributed by atoms with Crippen molar-refractivity contribution in [3.8, 4) is 0 Å². The summed E-state index contributed by atoms with van der Waals surface area (Å²) in [6.07, 6.45) is -3.62. The molecule has 17 heavy (non-hydrogen) atoms. The summed E-state index contributed by atoms with van der Waals surface area (Å²) in [5.41, 5.74) is -1.45. The van der Waals surface area contributed by atoms with E-state index in [-0.39, 0.29) is 6.08 Å². The van der Waals surface area contributed by atoms with E-state index in [9.17, 15) is 18.4 Å². The predicted molar refractivity (Wildman–Crippen MR) is 55.5 cm³/mol. The van der Waals surface area contributed by atoms with E-state index >= 15 is 0 Å². The highest BCUT2D eigenvalue weighted by molar-refractivity contribution is 5.92. The van der Waals surface area contributed by atoms with Crippen LogP contribution in [0.3, 0.4) is 0 Å². The number of amides is 1. The first kappa shape index (κ1) is 15.3. The molecule has 0 aliphatic rings. The normalized spacial score (nSPS) is 12.3. The van der Waals surface area contributed by atoms with Crippen LogP contribution < -0.4 is 5.32 Å². The molecule has 0 unspecified atom stereocenters. The number of hydrogen-bond acceptors (Lipinski definition) is 4. The van der Waals surface area contributed by atoms with Crippen molar-refractivity contribution in [2.24, 2.45) is 0 Å². The van der Waals surface area contributed by atoms with Crippen LogP contribution in [0.2, 0.25) is 0 Å². The van der Waals surface area contributed by atoms with Crippen molar-refractivity contribution in [3.63, 3.8) is 0 Å². The average Bonchev–Trinajstić information content (AvgIpc) is 2.11. The second kappa shape index (κ2) is 6.17. The number of hydrogen-bond donors (Lipinski definition) is 1. The zero-order chi connectivity index (χ0) is 13.6. The largest absolute Gasteiger partial charge is 0.464 e. The smallest absolute Gasteiger partial charge is 0.412 e. The summed E-state index contributed by atoms with van der Waals surface area (Å²) in [6, 6.07) is 0. The van der Waals surface area contributed by atoms with E-state index in [1.54, 1.807) is 20.8 Å². The summed E-state index contributed by atoms with van der Waals surface area (Å²) in [6.45, 7) is 4.80. The minimum absolute atomic E-state index is 0.274. The molecule has 0 aromatic rings. The first-order valence-electron chi connectivity index (χ1n) is 4.74. The van der Waals surface area contributed by atoms with Crippen molar-refractivity contribution >= 4 is 12.1 Å². The van der Waals surface area contributed by atoms with Gasteiger partial charge in [0.25, 0.3) is 6.43 Å². The minimum atomic E-state index is -2.89. The van der Waals surface area contributed by atoms with Crippen molar-refractivity contribution < 1.29 is 27.8 Å². The van der Waals surface area contributed by atoms with Crippen molar-refractivity contribution in [3.05, 3.63) is 11.8 Å². The van der Waals surface area contributed by atoms with Gasteiger partial charge in [0.2, 0.25) is 0 Å². The topological polar surface area (TPSA) is 64.6 Å². The lowest BCUT2D eigenvalue weighted by atomic mass is 10.2. The van der Waals surface area contributed by atoms with Crippen molar-refractivity contribution in [1.82, 2.24) is 5.32 Å². The van der Waals surface area contributed by atoms with Gasteiger partial charge >= 0.3 is 12.1 Å². The van der Waals surface area contributed by atoms with E-state index in [0.717, 1.165) is 7.11 Å². The first-order chi connectivity index (χ1) is 7.65. The van der Waals surface area contributed by atoms with Gasteiger partial charge in [-0.25, -0.2) is 18.4 Å². The Labute approximate surface area is 97.8 Å². The van der Waals surface area contributed by atoms with Gasteiger partial charge in [-0.05, 0) is 20.8 Å². The highest BCUT2D eigenvalue weighted by atomic mass is 19.3. The summed E-state index contributed by atoms with van der Waals surface area (Å²) in [7, 11) is 1.01. The molecule has 0 spiro atoms. The van der Waals surface area contributed by atoms with Gasteiger partial charge in [-0.2, -0.15) is 0 Å². The molecule has 0 rings (SSSR count). The molecule has 0 aromatic carbocycles. The highest BCUT2D eigenvalue weighted by Gasteiger charge is 2.20. The third-order valence-electron chi connectivity index (χ3n) is 1.33. The zero-order valence-electron chi connectivity index (χ0n) is 10.0. The molecule has 0 atom stereocenters. The Morgan fingerprint density at radius 3 is 2.18 bits per heavy atom. The molecule has 0 radical (unpaired) electrons. The maximum Gasteiger partial charge on any atom is 0.412 e. The summed E-state index contributed by atoms with van der Waals surface area (Å²) < 4.78 is 33.2. The lowest BCUT2D eigenvalue weighted by molar-refractivity contribution is -0.136. The minimum Gasteiger partial charge on any atom is -0.464 e. The molecule has 0 saturated carbocycles. The van der Waals surface area contributed by atoms with Crippen LogP contribution >= 0.6 is 0 Å². The number of methoxy groups -OCH3 is 1. The van der Waals surface area contributed by atoms with Gasteiger partial charge in [0.15, 0.2) is 0 Å². The van der Waals surface area contributed by atoms with Crippen molar-refractivity contribution in [2.75, 3.05) is 7.11 Å². The van der Waals surface area contributed by atoms with Crippen LogP contribution in [0.4, 0.5) is 13.6 Å². The molecule has 0 aliphatic heterocycles. The number of ether oxygens (including phenoxy) is 2. The van der Waals surface area contributed by atoms with Gasteiger partial charge in [-0.15, -0.1) is 0 Å². The van der Waals surface area contributed by atoms with Gasteiger partial charge in [-0.3, -0.25) is 5.32 Å². The molecule has 0 saturated heterocycles. The van der Waals surface area contributed by atoms with Crippen LogP contribution in [0, 0.1) is 0 Å². The van der Waals surface area contributed by atoms with Crippen LogP contribution in [0.25, 0.3) is 0 Å². The molecule has 98 valence electrons. The Kier molecular flexibility index (Phi) is 5.57. The Morgan fingerprint density at radius 1 is 1.29 bits per heavy atom. The molecule has 5 nitrogen and oxygen atoms in total. The predicted octanol–water partition coefficient (Wildman–Crippen LogP) is 1.83. The third-order valence-corrected chi connectivity index (χ3v) is 1.33. The molecule has 1 N–H and O–H groups in total. The van der Waals surface area contributed by atoms with Gasteiger partial charge in [0.1, 0.15) is 11.3 Å². The number of nitrogens with one attached hydrogen (secondary N) is 1. The fourth-order valence-electron chi connectivity index (χ4n) is 0.810. The second-order valence-corrected chi connectivity index (χ2v) is 4.03. The van der Waals surface area contributed by atoms with E-state index in [2.05, 4.69) is 4.74 Å². The standard InChI is InChI=1S/C10H15F2NO4/c1-10(2,3)17-9(15)13-6(5-7(11)12)8(14)16-4/h5,7H,1-4H3,(H,13,15). The fourth-order valence-corrected chi connectivity index (χ4v) is 0.810. The summed E-state index contributed by atoms with van der Waals surface area (Å²) in [5.74, 6) is -1.07. The van der Waals surface area contributed by atoms with Crippen LogP contribution in [0.15, 0.2) is 11.8 Å². The van der Waals surface area contributed by atoms with E-state index in [0.29, 0.717) is 0 Å². The van der Waals surface area contributed by atoms with Gasteiger partial charge < -0.3 is 9.47 Å². The quantitative estimate of drug-likeness (QED) is 0.614. The molecule has 7 heteroatoms. The molecule has 0 aliphatic carbocycles. The number of alkyl halides is 2. The Hall–Kier alpha value is -1.66. The summed E-state index contributed by atoms with van der Waals surface area (Å²) >= 11 is 0. The van der Waals surface area contributed by atoms with Gasteiger partial charge in [0.05, 0.1) is 7.11 Å². The zero-order valence-corrected chi connectivity index (χ0v) is 10.0. The van der Waals surface area contributed by atoms with E-state index in [4.69, 9.17) is 4.74 Å². The van der Waals surface area contributed by atoms with Crippen molar-refractivity contribution in [2.45, 2.75) is 32.8 Å². The Balaban J connectivity index is 4.67. The van der Waals surface area contributed by atoms with Gasteiger partial charge in [-0.1, -0.05) is 0 Å². The number of carbonyl (C=O) groups excluding carboxylic acids is 2. The lowest BCUT2D eigenvalue weighted by Gasteiger charge is -2.20. The maximum atomic E-state index is 12.1. The Bertz CT molecular complexity index is 321. The SMILES string of the molecule is COC(=O)C(=CC(F)F)NC(=O)OC(C)(C)C. The molecule has 1 amide bonds. The van der Waals surface area contributed by atoms with Gasteiger partial charge in [0, 0.05) is 6.08 Å². The molecule has 0 bridgehead atoms. The molecular weight excluding hydrogens is 236 g/mol. The number of carbonyl (C=O) groups is 2. The Morgan fingerprint density at radius 2 is 1.82 bits per heavy atom. The molecular formula is C10H15F2NO4. The molecule has 0 aromatic heterocycles. The maximum absolute atomic E-state index is 12.1. The summed E-state index contributed by atoms with van der Waals surface area (Å²) in [5, 5.41) is 1.90. The van der Waals surface area contributed by atoms with Crippen LogP contribution in [0.1, 0.15) is 20.8 Å². The number of rotatable bonds is 3. The highest BCUT2D eigenvalue weighted by Crippen LogP contribution is 2.08. The fraction of sp³-hybridized carbons (Fsp3) is 0.600. The van der Waals surface area contributed by atoms with Crippen LogP contribution in [-0.4, -0.2) is 31.2 Å². The number of allylic oxidation sites excluding steroid dienone is 1. The van der Waals surface area contributed by atoms with Crippen LogP contribution in [-0.2, 0) is 14.3 Å². The third kappa shape index (κ3) is 7.26. The molecule has 0 heterocycles. The first-order valence-corrected chi connectivity index (χ1v) is 4.74. The average molecular weight is 251 g/mol. The molecule has 0 fully saturated rings. The number of alkyl carbamates (subject to hydrolysis) is 1. The van der Waals surface area contributed by atoms with E-state index in [1.807, 2.05) is 5.32 Å².